The minimum Gasteiger partial charge on any atom is -0.469 e. The van der Waals surface area contributed by atoms with E-state index in [0.29, 0.717) is 18.3 Å². The van der Waals surface area contributed by atoms with E-state index in [2.05, 4.69) is 14.9 Å². The molecule has 1 fully saturated rings. The largest absolute Gasteiger partial charge is 0.469 e. The van der Waals surface area contributed by atoms with E-state index in [4.69, 9.17) is 9.26 Å². The van der Waals surface area contributed by atoms with Crippen molar-refractivity contribution in [2.24, 2.45) is 0 Å². The second-order valence-electron chi connectivity index (χ2n) is 3.71. The summed E-state index contributed by atoms with van der Waals surface area (Å²) >= 11 is 0. The van der Waals surface area contributed by atoms with Gasteiger partial charge in [0.15, 0.2) is 5.82 Å². The van der Waals surface area contributed by atoms with Crippen LogP contribution in [0.15, 0.2) is 4.52 Å². The molecule has 1 aromatic heterocycles. The molecule has 1 atom stereocenters. The van der Waals surface area contributed by atoms with Crippen LogP contribution in [-0.2, 0) is 20.7 Å². The van der Waals surface area contributed by atoms with Crippen LogP contribution >= 0.6 is 0 Å². The number of esters is 1. The molecule has 1 aliphatic heterocycles. The van der Waals surface area contributed by atoms with Gasteiger partial charge in [0.25, 0.3) is 0 Å². The summed E-state index contributed by atoms with van der Waals surface area (Å²) in [5, 5.41) is 3.85. The van der Waals surface area contributed by atoms with Gasteiger partial charge in [-0.1, -0.05) is 5.16 Å². The highest BCUT2D eigenvalue weighted by Gasteiger charge is 2.22. The first-order valence-corrected chi connectivity index (χ1v) is 5.26. The molecule has 0 amide bonds. The lowest BCUT2D eigenvalue weighted by molar-refractivity contribution is -0.140. The summed E-state index contributed by atoms with van der Waals surface area (Å²) in [7, 11) is 1.33. The van der Waals surface area contributed by atoms with Crippen molar-refractivity contribution in [3.05, 3.63) is 11.7 Å². The predicted octanol–water partition coefficient (Wildman–Crippen LogP) is 0.679. The molecule has 88 valence electrons. The zero-order chi connectivity index (χ0) is 11.4. The summed E-state index contributed by atoms with van der Waals surface area (Å²) in [6, 6.07) is 0. The van der Waals surface area contributed by atoms with E-state index in [1.165, 1.54) is 7.11 Å². The van der Waals surface area contributed by atoms with Gasteiger partial charge < -0.3 is 14.0 Å². The summed E-state index contributed by atoms with van der Waals surface area (Å²) in [4.78, 5) is 15.2. The SMILES string of the molecule is COC(=O)Cc1nc(C2CCCOC2)no1. The highest BCUT2D eigenvalue weighted by Crippen LogP contribution is 2.22. The van der Waals surface area contributed by atoms with Crippen LogP contribution in [0.2, 0.25) is 0 Å². The smallest absolute Gasteiger partial charge is 0.315 e. The Kier molecular flexibility index (Phi) is 3.51. The van der Waals surface area contributed by atoms with Gasteiger partial charge in [-0.15, -0.1) is 0 Å². The lowest BCUT2D eigenvalue weighted by atomic mass is 10.0. The molecule has 0 bridgehead atoms. The van der Waals surface area contributed by atoms with E-state index in [-0.39, 0.29) is 18.3 Å². The predicted molar refractivity (Wildman–Crippen MR) is 52.8 cm³/mol. The topological polar surface area (TPSA) is 74.5 Å². The minimum atomic E-state index is -0.380. The number of hydrogen-bond acceptors (Lipinski definition) is 6. The molecule has 0 radical (unpaired) electrons. The molecule has 1 unspecified atom stereocenters. The van der Waals surface area contributed by atoms with E-state index in [1.807, 2.05) is 0 Å². The van der Waals surface area contributed by atoms with Crippen LogP contribution in [0.5, 0.6) is 0 Å². The molecule has 0 aromatic carbocycles. The van der Waals surface area contributed by atoms with Crippen LogP contribution in [0.25, 0.3) is 0 Å². The average Bonchev–Trinajstić information content (AvgIpc) is 2.78. The van der Waals surface area contributed by atoms with E-state index in [0.717, 1.165) is 19.4 Å². The fourth-order valence-electron chi connectivity index (χ4n) is 1.65. The second-order valence-corrected chi connectivity index (χ2v) is 3.71. The molecule has 0 spiro atoms. The Balaban J connectivity index is 1.98. The maximum absolute atomic E-state index is 11.0. The Morgan fingerprint density at radius 2 is 2.50 bits per heavy atom. The Morgan fingerprint density at radius 1 is 1.62 bits per heavy atom. The Labute approximate surface area is 92.9 Å². The standard InChI is InChI=1S/C10H14N2O4/c1-14-9(13)5-8-11-10(12-16-8)7-3-2-4-15-6-7/h7H,2-6H2,1H3. The Bertz CT molecular complexity index is 357. The van der Waals surface area contributed by atoms with Crippen LogP contribution in [0.4, 0.5) is 0 Å². The Hall–Kier alpha value is -1.43. The molecule has 0 N–H and O–H groups in total. The fraction of sp³-hybridized carbons (Fsp3) is 0.700. The molecule has 6 heteroatoms. The molecule has 16 heavy (non-hydrogen) atoms. The van der Waals surface area contributed by atoms with Crippen LogP contribution in [-0.4, -0.2) is 36.4 Å². The van der Waals surface area contributed by atoms with Gasteiger partial charge >= 0.3 is 5.97 Å². The van der Waals surface area contributed by atoms with Gasteiger partial charge in [0.2, 0.25) is 5.89 Å². The average molecular weight is 226 g/mol. The van der Waals surface area contributed by atoms with Crippen molar-refractivity contribution in [1.29, 1.82) is 0 Å². The highest BCUT2D eigenvalue weighted by molar-refractivity contribution is 5.71. The molecular weight excluding hydrogens is 212 g/mol. The maximum atomic E-state index is 11.0. The summed E-state index contributed by atoms with van der Waals surface area (Å²) in [6.45, 7) is 1.42. The van der Waals surface area contributed by atoms with Crippen molar-refractivity contribution in [3.8, 4) is 0 Å². The van der Waals surface area contributed by atoms with Crippen LogP contribution in [0.3, 0.4) is 0 Å². The van der Waals surface area contributed by atoms with Crippen LogP contribution in [0.1, 0.15) is 30.5 Å². The van der Waals surface area contributed by atoms with E-state index < -0.39 is 0 Å². The van der Waals surface area contributed by atoms with Crippen molar-refractivity contribution >= 4 is 5.97 Å². The molecule has 2 rings (SSSR count). The number of rotatable bonds is 3. The number of nitrogens with zero attached hydrogens (tertiary/aromatic N) is 2. The number of methoxy groups -OCH3 is 1. The molecule has 0 aliphatic carbocycles. The van der Waals surface area contributed by atoms with Gasteiger partial charge in [0.1, 0.15) is 6.42 Å². The normalized spacial score (nSPS) is 20.7. The molecule has 1 aliphatic rings. The van der Waals surface area contributed by atoms with Gasteiger partial charge in [0, 0.05) is 12.5 Å². The summed E-state index contributed by atoms with van der Waals surface area (Å²) < 4.78 is 14.8. The third-order valence-corrected chi connectivity index (χ3v) is 2.53. The second kappa shape index (κ2) is 5.07. The first-order valence-electron chi connectivity index (χ1n) is 5.26. The molecule has 1 aromatic rings. The lowest BCUT2D eigenvalue weighted by Gasteiger charge is -2.18. The summed E-state index contributed by atoms with van der Waals surface area (Å²) in [5.41, 5.74) is 0. The van der Waals surface area contributed by atoms with Crippen molar-refractivity contribution in [2.75, 3.05) is 20.3 Å². The van der Waals surface area contributed by atoms with E-state index in [9.17, 15) is 4.79 Å². The maximum Gasteiger partial charge on any atom is 0.315 e. The number of aromatic nitrogens is 2. The number of hydrogen-bond donors (Lipinski definition) is 0. The molecule has 6 nitrogen and oxygen atoms in total. The van der Waals surface area contributed by atoms with Crippen molar-refractivity contribution in [3.63, 3.8) is 0 Å². The number of carbonyl (C=O) groups excluding carboxylic acids is 1. The molecular formula is C10H14N2O4. The van der Waals surface area contributed by atoms with Gasteiger partial charge in [-0.05, 0) is 12.8 Å². The first kappa shape index (κ1) is 11.1. The first-order chi connectivity index (χ1) is 7.79. The quantitative estimate of drug-likeness (QED) is 0.705. The number of ether oxygens (including phenoxy) is 2. The third kappa shape index (κ3) is 2.57. The highest BCUT2D eigenvalue weighted by atomic mass is 16.5. The van der Waals surface area contributed by atoms with Crippen LogP contribution in [0, 0.1) is 0 Å². The van der Waals surface area contributed by atoms with E-state index in [1.54, 1.807) is 0 Å². The minimum absolute atomic E-state index is 0.0249. The summed E-state index contributed by atoms with van der Waals surface area (Å²) in [6.07, 6.45) is 2.03. The van der Waals surface area contributed by atoms with Gasteiger partial charge in [-0.3, -0.25) is 4.79 Å². The lowest BCUT2D eigenvalue weighted by Crippen LogP contribution is -2.16. The summed E-state index contributed by atoms with van der Waals surface area (Å²) in [5.74, 6) is 0.727. The van der Waals surface area contributed by atoms with Gasteiger partial charge in [-0.25, -0.2) is 0 Å². The van der Waals surface area contributed by atoms with Crippen molar-refractivity contribution < 1.29 is 18.8 Å². The van der Waals surface area contributed by atoms with E-state index >= 15 is 0 Å². The molecule has 1 saturated heterocycles. The Morgan fingerprint density at radius 3 is 3.19 bits per heavy atom. The van der Waals surface area contributed by atoms with Gasteiger partial charge in [-0.2, -0.15) is 4.98 Å². The van der Waals surface area contributed by atoms with Crippen molar-refractivity contribution in [2.45, 2.75) is 25.2 Å². The zero-order valence-corrected chi connectivity index (χ0v) is 9.14. The van der Waals surface area contributed by atoms with Gasteiger partial charge in [0.05, 0.1) is 13.7 Å². The number of carbonyl (C=O) groups is 1. The zero-order valence-electron chi connectivity index (χ0n) is 9.14. The van der Waals surface area contributed by atoms with Crippen molar-refractivity contribution in [1.82, 2.24) is 10.1 Å². The monoisotopic (exact) mass is 226 g/mol. The molecule has 0 saturated carbocycles. The van der Waals surface area contributed by atoms with Crippen LogP contribution < -0.4 is 0 Å². The third-order valence-electron chi connectivity index (χ3n) is 2.53. The molecule has 2 heterocycles. The fourth-order valence-corrected chi connectivity index (χ4v) is 1.65.